The lowest BCUT2D eigenvalue weighted by molar-refractivity contribution is -0.131. The number of rotatable bonds is 5. The van der Waals surface area contributed by atoms with E-state index in [1.165, 1.54) is 6.42 Å². The van der Waals surface area contributed by atoms with Crippen molar-refractivity contribution in [3.63, 3.8) is 0 Å². The average Bonchev–Trinajstić information content (AvgIpc) is 2.60. The van der Waals surface area contributed by atoms with Crippen LogP contribution in [-0.2, 0) is 11.2 Å². The molecule has 1 amide bonds. The van der Waals surface area contributed by atoms with E-state index in [2.05, 4.69) is 5.32 Å². The Labute approximate surface area is 137 Å². The number of benzene rings is 1. The van der Waals surface area contributed by atoms with E-state index in [1.807, 2.05) is 30.1 Å². The van der Waals surface area contributed by atoms with E-state index in [9.17, 15) is 4.79 Å². The minimum absolute atomic E-state index is 0.216. The standard InChI is InChI=1S/C18H26N2O3/c1-19-7-4-14-5-8-20(9-6-14)18(21)13-15-2-3-16-17(12-15)23-11-10-22-16/h2-3,12,14,19H,4-11,13H2,1H3. The lowest BCUT2D eigenvalue weighted by Gasteiger charge is -2.32. The highest BCUT2D eigenvalue weighted by atomic mass is 16.6. The second-order valence-corrected chi connectivity index (χ2v) is 6.37. The van der Waals surface area contributed by atoms with Crippen molar-refractivity contribution in [1.29, 1.82) is 0 Å². The van der Waals surface area contributed by atoms with Crippen LogP contribution in [0.3, 0.4) is 0 Å². The van der Waals surface area contributed by atoms with E-state index in [0.29, 0.717) is 19.6 Å². The second-order valence-electron chi connectivity index (χ2n) is 6.37. The lowest BCUT2D eigenvalue weighted by atomic mass is 9.93. The molecule has 1 aromatic carbocycles. The molecular formula is C18H26N2O3. The summed E-state index contributed by atoms with van der Waals surface area (Å²) in [7, 11) is 1.99. The van der Waals surface area contributed by atoms with Gasteiger partial charge in [0.1, 0.15) is 13.2 Å². The topological polar surface area (TPSA) is 50.8 Å². The number of hydrogen-bond donors (Lipinski definition) is 1. The van der Waals surface area contributed by atoms with E-state index in [4.69, 9.17) is 9.47 Å². The summed E-state index contributed by atoms with van der Waals surface area (Å²) in [5, 5.41) is 3.20. The summed E-state index contributed by atoms with van der Waals surface area (Å²) < 4.78 is 11.1. The van der Waals surface area contributed by atoms with E-state index in [-0.39, 0.29) is 5.91 Å². The van der Waals surface area contributed by atoms with Gasteiger partial charge in [-0.25, -0.2) is 0 Å². The molecule has 1 N–H and O–H groups in total. The molecule has 1 fully saturated rings. The number of nitrogens with zero attached hydrogens (tertiary/aromatic N) is 1. The highest BCUT2D eigenvalue weighted by Gasteiger charge is 2.23. The largest absolute Gasteiger partial charge is 0.486 e. The van der Waals surface area contributed by atoms with E-state index < -0.39 is 0 Å². The summed E-state index contributed by atoms with van der Waals surface area (Å²) in [6.07, 6.45) is 3.89. The molecule has 23 heavy (non-hydrogen) atoms. The molecule has 2 aliphatic heterocycles. The number of carbonyl (C=O) groups is 1. The Hall–Kier alpha value is -1.75. The van der Waals surface area contributed by atoms with Crippen LogP contribution >= 0.6 is 0 Å². The van der Waals surface area contributed by atoms with Crippen molar-refractivity contribution in [2.75, 3.05) is 39.9 Å². The molecule has 2 aliphatic rings. The van der Waals surface area contributed by atoms with Crippen LogP contribution < -0.4 is 14.8 Å². The molecule has 0 spiro atoms. The van der Waals surface area contributed by atoms with Crippen molar-refractivity contribution in [3.05, 3.63) is 23.8 Å². The van der Waals surface area contributed by atoms with Gasteiger partial charge in [-0.05, 0) is 56.5 Å². The second kappa shape index (κ2) is 7.68. The maximum Gasteiger partial charge on any atom is 0.226 e. The average molecular weight is 318 g/mol. The van der Waals surface area contributed by atoms with E-state index in [0.717, 1.165) is 55.5 Å². The Bertz CT molecular complexity index is 539. The SMILES string of the molecule is CNCCC1CCN(C(=O)Cc2ccc3c(c2)OCCO3)CC1. The molecule has 0 unspecified atom stereocenters. The number of likely N-dealkylation sites (tertiary alicyclic amines) is 1. The minimum atomic E-state index is 0.216. The lowest BCUT2D eigenvalue weighted by Crippen LogP contribution is -2.39. The molecule has 0 aromatic heterocycles. The first-order valence-electron chi connectivity index (χ1n) is 8.57. The third-order valence-electron chi connectivity index (χ3n) is 4.73. The van der Waals surface area contributed by atoms with Gasteiger partial charge in [0.05, 0.1) is 6.42 Å². The van der Waals surface area contributed by atoms with Gasteiger partial charge in [0, 0.05) is 13.1 Å². The molecular weight excluding hydrogens is 292 g/mol. The van der Waals surface area contributed by atoms with Crippen LogP contribution in [0.5, 0.6) is 11.5 Å². The fraction of sp³-hybridized carbons (Fsp3) is 0.611. The van der Waals surface area contributed by atoms with Crippen LogP contribution in [0.15, 0.2) is 18.2 Å². The third-order valence-corrected chi connectivity index (χ3v) is 4.73. The van der Waals surface area contributed by atoms with Crippen molar-refractivity contribution in [1.82, 2.24) is 10.2 Å². The van der Waals surface area contributed by atoms with Crippen LogP contribution in [-0.4, -0.2) is 50.7 Å². The first kappa shape index (κ1) is 16.1. The van der Waals surface area contributed by atoms with Crippen LogP contribution in [0.4, 0.5) is 0 Å². The van der Waals surface area contributed by atoms with Gasteiger partial charge in [-0.3, -0.25) is 4.79 Å². The van der Waals surface area contributed by atoms with Crippen LogP contribution in [0.1, 0.15) is 24.8 Å². The molecule has 3 rings (SSSR count). The molecule has 0 atom stereocenters. The molecule has 0 bridgehead atoms. The predicted octanol–water partition coefficient (Wildman–Crippen LogP) is 1.85. The Kier molecular flexibility index (Phi) is 5.39. The van der Waals surface area contributed by atoms with Crippen molar-refractivity contribution in [2.45, 2.75) is 25.7 Å². The Balaban J connectivity index is 1.52. The molecule has 5 nitrogen and oxygen atoms in total. The zero-order valence-electron chi connectivity index (χ0n) is 13.8. The molecule has 126 valence electrons. The summed E-state index contributed by atoms with van der Waals surface area (Å²) in [5.41, 5.74) is 0.997. The molecule has 2 heterocycles. The van der Waals surface area contributed by atoms with Crippen LogP contribution in [0.25, 0.3) is 0 Å². The number of hydrogen-bond acceptors (Lipinski definition) is 4. The Morgan fingerprint density at radius 2 is 1.96 bits per heavy atom. The number of piperidine rings is 1. The van der Waals surface area contributed by atoms with Gasteiger partial charge >= 0.3 is 0 Å². The number of amides is 1. The Morgan fingerprint density at radius 1 is 1.22 bits per heavy atom. The zero-order chi connectivity index (χ0) is 16.1. The van der Waals surface area contributed by atoms with E-state index >= 15 is 0 Å². The zero-order valence-corrected chi connectivity index (χ0v) is 13.8. The predicted molar refractivity (Wildman–Crippen MR) is 89.0 cm³/mol. The molecule has 5 heteroatoms. The van der Waals surface area contributed by atoms with Gasteiger partial charge < -0.3 is 19.7 Å². The molecule has 1 aromatic rings. The Morgan fingerprint density at radius 3 is 2.70 bits per heavy atom. The van der Waals surface area contributed by atoms with Crippen molar-refractivity contribution in [2.24, 2.45) is 5.92 Å². The van der Waals surface area contributed by atoms with Gasteiger partial charge in [0.25, 0.3) is 0 Å². The van der Waals surface area contributed by atoms with Gasteiger partial charge in [-0.15, -0.1) is 0 Å². The fourth-order valence-electron chi connectivity index (χ4n) is 3.30. The first-order chi connectivity index (χ1) is 11.3. The smallest absolute Gasteiger partial charge is 0.226 e. The highest BCUT2D eigenvalue weighted by Crippen LogP contribution is 2.31. The van der Waals surface area contributed by atoms with Crippen LogP contribution in [0.2, 0.25) is 0 Å². The van der Waals surface area contributed by atoms with Crippen LogP contribution in [0, 0.1) is 5.92 Å². The molecule has 1 saturated heterocycles. The summed E-state index contributed by atoms with van der Waals surface area (Å²) >= 11 is 0. The molecule has 0 radical (unpaired) electrons. The summed E-state index contributed by atoms with van der Waals surface area (Å²) in [5.74, 6) is 2.50. The van der Waals surface area contributed by atoms with Crippen molar-refractivity contribution in [3.8, 4) is 11.5 Å². The van der Waals surface area contributed by atoms with Gasteiger partial charge in [-0.1, -0.05) is 6.07 Å². The van der Waals surface area contributed by atoms with Gasteiger partial charge in [-0.2, -0.15) is 0 Å². The molecule has 0 saturated carbocycles. The first-order valence-corrected chi connectivity index (χ1v) is 8.57. The number of ether oxygens (including phenoxy) is 2. The van der Waals surface area contributed by atoms with Crippen molar-refractivity contribution < 1.29 is 14.3 Å². The summed E-state index contributed by atoms with van der Waals surface area (Å²) in [4.78, 5) is 14.5. The third kappa shape index (κ3) is 4.16. The normalized spacial score (nSPS) is 18.0. The quantitative estimate of drug-likeness (QED) is 0.900. The summed E-state index contributed by atoms with van der Waals surface area (Å²) in [6.45, 7) is 4.00. The maximum atomic E-state index is 12.5. The van der Waals surface area contributed by atoms with Gasteiger partial charge in [0.15, 0.2) is 11.5 Å². The minimum Gasteiger partial charge on any atom is -0.486 e. The maximum absolute atomic E-state index is 12.5. The van der Waals surface area contributed by atoms with Crippen molar-refractivity contribution >= 4 is 5.91 Å². The van der Waals surface area contributed by atoms with E-state index in [1.54, 1.807) is 0 Å². The number of carbonyl (C=O) groups excluding carboxylic acids is 1. The number of fused-ring (bicyclic) bond motifs is 1. The fourth-order valence-corrected chi connectivity index (χ4v) is 3.30. The number of nitrogens with one attached hydrogen (secondary N) is 1. The highest BCUT2D eigenvalue weighted by molar-refractivity contribution is 5.79. The molecule has 0 aliphatic carbocycles. The summed E-state index contributed by atoms with van der Waals surface area (Å²) in [6, 6.07) is 5.80. The monoisotopic (exact) mass is 318 g/mol. The van der Waals surface area contributed by atoms with Gasteiger partial charge in [0.2, 0.25) is 5.91 Å².